The molecule has 0 N–H and O–H groups in total. The van der Waals surface area contributed by atoms with Gasteiger partial charge in [-0.3, -0.25) is 4.79 Å². The molecule has 2 aromatic heterocycles. The van der Waals surface area contributed by atoms with Gasteiger partial charge in [0.05, 0.1) is 18.2 Å². The molecule has 4 aromatic rings. The predicted octanol–water partition coefficient (Wildman–Crippen LogP) is 3.86. The number of thiazole rings is 1. The second-order valence-corrected chi connectivity index (χ2v) is 8.03. The van der Waals surface area contributed by atoms with Gasteiger partial charge in [-0.25, -0.2) is 0 Å². The fourth-order valence-electron chi connectivity index (χ4n) is 3.03. The third-order valence-electron chi connectivity index (χ3n) is 4.73. The molecule has 0 spiro atoms. The van der Waals surface area contributed by atoms with Crippen molar-refractivity contribution < 1.29 is 9.47 Å². The molecule has 0 bridgehead atoms. The van der Waals surface area contributed by atoms with Gasteiger partial charge in [0.1, 0.15) is 0 Å². The minimum Gasteiger partial charge on any atom is -0.493 e. The van der Waals surface area contributed by atoms with Crippen molar-refractivity contribution in [2.45, 2.75) is 26.7 Å². The molecule has 0 saturated heterocycles. The molecule has 2 heterocycles. The van der Waals surface area contributed by atoms with E-state index in [1.807, 2.05) is 55.5 Å². The molecule has 0 amide bonds. The second kappa shape index (κ2) is 8.67. The van der Waals surface area contributed by atoms with Gasteiger partial charge in [-0.2, -0.15) is 9.50 Å². The van der Waals surface area contributed by atoms with Gasteiger partial charge in [-0.1, -0.05) is 60.6 Å². The van der Waals surface area contributed by atoms with Crippen LogP contribution >= 0.6 is 11.3 Å². The number of ether oxygens (including phenoxy) is 2. The third kappa shape index (κ3) is 4.07. The summed E-state index contributed by atoms with van der Waals surface area (Å²) >= 11 is 1.32. The first kappa shape index (κ1) is 20.1. The lowest BCUT2D eigenvalue weighted by Gasteiger charge is -2.10. The smallest absolute Gasteiger partial charge is 0.291 e. The molecule has 0 saturated carbocycles. The van der Waals surface area contributed by atoms with Crippen LogP contribution in [0.25, 0.3) is 22.4 Å². The van der Waals surface area contributed by atoms with Gasteiger partial charge in [0.15, 0.2) is 17.3 Å². The van der Waals surface area contributed by atoms with Crippen molar-refractivity contribution in [2.24, 2.45) is 0 Å². The first-order valence-electron chi connectivity index (χ1n) is 9.88. The first-order valence-corrected chi connectivity index (χ1v) is 10.7. The molecule has 0 aliphatic heterocycles. The van der Waals surface area contributed by atoms with Crippen molar-refractivity contribution in [2.75, 3.05) is 13.7 Å². The molecule has 0 fully saturated rings. The number of hydrogen-bond acceptors (Lipinski definition) is 6. The minimum atomic E-state index is -0.178. The number of aromatic nitrogens is 3. The number of fused-ring (bicyclic) bond motifs is 1. The van der Waals surface area contributed by atoms with Crippen LogP contribution in [0.4, 0.5) is 0 Å². The Labute approximate surface area is 178 Å². The molecular formula is C23H23N3O3S. The lowest BCUT2D eigenvalue weighted by molar-refractivity contribution is 0.288. The van der Waals surface area contributed by atoms with Gasteiger partial charge >= 0.3 is 0 Å². The van der Waals surface area contributed by atoms with Crippen LogP contribution in [0.5, 0.6) is 11.5 Å². The number of aryl methyl sites for hydroxylation is 1. The Morgan fingerprint density at radius 2 is 1.93 bits per heavy atom. The first-order chi connectivity index (χ1) is 14.6. The fourth-order valence-corrected chi connectivity index (χ4v) is 3.94. The summed E-state index contributed by atoms with van der Waals surface area (Å²) in [6.07, 6.45) is 3.89. The Kier molecular flexibility index (Phi) is 5.81. The predicted molar refractivity (Wildman–Crippen MR) is 119 cm³/mol. The summed E-state index contributed by atoms with van der Waals surface area (Å²) in [6, 6.07) is 13.6. The van der Waals surface area contributed by atoms with Crippen LogP contribution in [0.1, 0.15) is 30.9 Å². The summed E-state index contributed by atoms with van der Waals surface area (Å²) in [4.78, 5) is 17.9. The van der Waals surface area contributed by atoms with Crippen LogP contribution in [0.15, 0.2) is 47.3 Å². The summed E-state index contributed by atoms with van der Waals surface area (Å²) in [5.41, 5.74) is 2.74. The molecular weight excluding hydrogens is 398 g/mol. The van der Waals surface area contributed by atoms with E-state index in [-0.39, 0.29) is 5.56 Å². The van der Waals surface area contributed by atoms with Gasteiger partial charge in [0.2, 0.25) is 4.96 Å². The Bertz CT molecular complexity index is 1280. The Balaban J connectivity index is 1.66. The quantitative estimate of drug-likeness (QED) is 0.424. The van der Waals surface area contributed by atoms with Crippen LogP contribution in [-0.4, -0.2) is 28.3 Å². The highest BCUT2D eigenvalue weighted by molar-refractivity contribution is 7.15. The van der Waals surface area contributed by atoms with E-state index in [4.69, 9.17) is 9.47 Å². The van der Waals surface area contributed by atoms with Gasteiger partial charge in [0.25, 0.3) is 5.56 Å². The summed E-state index contributed by atoms with van der Waals surface area (Å²) < 4.78 is 13.2. The lowest BCUT2D eigenvalue weighted by Crippen LogP contribution is -2.23. The lowest BCUT2D eigenvalue weighted by atomic mass is 10.1. The number of hydrogen-bond donors (Lipinski definition) is 0. The summed E-state index contributed by atoms with van der Waals surface area (Å²) in [6.45, 7) is 4.80. The molecule has 154 valence electrons. The van der Waals surface area contributed by atoms with E-state index in [1.165, 1.54) is 21.4 Å². The van der Waals surface area contributed by atoms with Crippen LogP contribution in [0.2, 0.25) is 0 Å². The molecule has 0 aliphatic carbocycles. The van der Waals surface area contributed by atoms with Crippen LogP contribution in [0, 0.1) is 6.92 Å². The standard InChI is InChI=1S/C23H23N3O3S/c1-4-5-12-29-18-11-8-16(13-19(18)28-3)14-20-22(27)26-23(30-20)24-21(25-26)17-9-6-15(2)7-10-17/h6-11,13-14H,4-5,12H2,1-3H3. The largest absolute Gasteiger partial charge is 0.493 e. The van der Waals surface area contributed by atoms with Gasteiger partial charge in [-0.05, 0) is 37.1 Å². The van der Waals surface area contributed by atoms with E-state index < -0.39 is 0 Å². The van der Waals surface area contributed by atoms with E-state index in [0.29, 0.717) is 33.4 Å². The highest BCUT2D eigenvalue weighted by Crippen LogP contribution is 2.28. The van der Waals surface area contributed by atoms with E-state index >= 15 is 0 Å². The van der Waals surface area contributed by atoms with E-state index in [2.05, 4.69) is 17.0 Å². The maximum absolute atomic E-state index is 12.8. The maximum atomic E-state index is 12.8. The van der Waals surface area contributed by atoms with Gasteiger partial charge in [-0.15, -0.1) is 5.10 Å². The average molecular weight is 422 g/mol. The minimum absolute atomic E-state index is 0.178. The van der Waals surface area contributed by atoms with E-state index in [1.54, 1.807) is 7.11 Å². The molecule has 0 radical (unpaired) electrons. The van der Waals surface area contributed by atoms with E-state index in [0.717, 1.165) is 24.0 Å². The van der Waals surface area contributed by atoms with Crippen molar-refractivity contribution in [3.05, 3.63) is 68.5 Å². The Morgan fingerprint density at radius 3 is 2.63 bits per heavy atom. The fraction of sp³-hybridized carbons (Fsp3) is 0.261. The number of rotatable bonds is 7. The molecule has 4 rings (SSSR count). The highest BCUT2D eigenvalue weighted by atomic mass is 32.1. The SMILES string of the molecule is CCCCOc1ccc(C=c2sc3nc(-c4ccc(C)cc4)nn3c2=O)cc1OC. The second-order valence-electron chi connectivity index (χ2n) is 7.02. The number of nitrogens with zero attached hydrogens (tertiary/aromatic N) is 3. The van der Waals surface area contributed by atoms with Crippen LogP contribution in [0.3, 0.4) is 0 Å². The zero-order valence-electron chi connectivity index (χ0n) is 17.2. The monoisotopic (exact) mass is 421 g/mol. The molecule has 7 heteroatoms. The molecule has 0 atom stereocenters. The van der Waals surface area contributed by atoms with Crippen LogP contribution in [-0.2, 0) is 0 Å². The van der Waals surface area contributed by atoms with Crippen molar-refractivity contribution in [3.8, 4) is 22.9 Å². The zero-order valence-corrected chi connectivity index (χ0v) is 18.0. The van der Waals surface area contributed by atoms with Crippen LogP contribution < -0.4 is 19.6 Å². The Morgan fingerprint density at radius 1 is 1.13 bits per heavy atom. The molecule has 2 aromatic carbocycles. The van der Waals surface area contributed by atoms with E-state index in [9.17, 15) is 4.79 Å². The molecule has 6 nitrogen and oxygen atoms in total. The van der Waals surface area contributed by atoms with Gasteiger partial charge < -0.3 is 9.47 Å². The van der Waals surface area contributed by atoms with Gasteiger partial charge in [0, 0.05) is 5.56 Å². The number of methoxy groups -OCH3 is 1. The molecule has 0 aliphatic rings. The average Bonchev–Trinajstić information content (AvgIpc) is 3.29. The normalized spacial score (nSPS) is 11.9. The Hall–Kier alpha value is -3.19. The van der Waals surface area contributed by atoms with Crippen molar-refractivity contribution in [1.82, 2.24) is 14.6 Å². The molecule has 30 heavy (non-hydrogen) atoms. The summed E-state index contributed by atoms with van der Waals surface area (Å²) in [7, 11) is 1.61. The highest BCUT2D eigenvalue weighted by Gasteiger charge is 2.12. The topological polar surface area (TPSA) is 65.7 Å². The summed E-state index contributed by atoms with van der Waals surface area (Å²) in [5, 5.41) is 4.40. The maximum Gasteiger partial charge on any atom is 0.291 e. The molecule has 0 unspecified atom stereocenters. The number of benzene rings is 2. The zero-order chi connectivity index (χ0) is 21.1. The van der Waals surface area contributed by atoms with Crippen molar-refractivity contribution >= 4 is 22.4 Å². The number of unbranched alkanes of at least 4 members (excludes halogenated alkanes) is 1. The third-order valence-corrected chi connectivity index (χ3v) is 5.69. The summed E-state index contributed by atoms with van der Waals surface area (Å²) in [5.74, 6) is 1.91. The van der Waals surface area contributed by atoms with Crippen molar-refractivity contribution in [1.29, 1.82) is 0 Å². The van der Waals surface area contributed by atoms with Crippen molar-refractivity contribution in [3.63, 3.8) is 0 Å².